The minimum absolute atomic E-state index is 0.109. The number of allylic oxidation sites excluding steroid dienone is 1. The van der Waals surface area contributed by atoms with Crippen molar-refractivity contribution >= 4 is 17.7 Å². The van der Waals surface area contributed by atoms with Crippen molar-refractivity contribution in [1.82, 2.24) is 5.06 Å². The third kappa shape index (κ3) is 2.35. The Morgan fingerprint density at radius 1 is 1.33 bits per heavy atom. The van der Waals surface area contributed by atoms with Gasteiger partial charge in [-0.2, -0.15) is 0 Å². The second-order valence-electron chi connectivity index (χ2n) is 5.16. The zero-order valence-corrected chi connectivity index (χ0v) is 11.1. The van der Waals surface area contributed by atoms with Gasteiger partial charge in [-0.25, -0.2) is 9.86 Å². The molecule has 1 N–H and O–H groups in total. The Labute approximate surface area is 120 Å². The summed E-state index contributed by atoms with van der Waals surface area (Å²) in [4.78, 5) is 39.6. The van der Waals surface area contributed by atoms with Crippen LogP contribution in [0.2, 0.25) is 0 Å². The number of rotatable bonds is 4. The molecule has 21 heavy (non-hydrogen) atoms. The molecule has 6 heteroatoms. The minimum atomic E-state index is -1.06. The van der Waals surface area contributed by atoms with Crippen molar-refractivity contribution in [3.63, 3.8) is 0 Å². The molecule has 1 aromatic rings. The number of fused-ring (bicyclic) bond motifs is 1. The molecule has 2 fully saturated rings. The molecule has 0 bridgehead atoms. The van der Waals surface area contributed by atoms with E-state index in [-0.39, 0.29) is 24.6 Å². The van der Waals surface area contributed by atoms with Gasteiger partial charge < -0.3 is 5.11 Å². The Hall–Kier alpha value is -2.43. The third-order valence-electron chi connectivity index (χ3n) is 3.90. The summed E-state index contributed by atoms with van der Waals surface area (Å²) in [6.07, 6.45) is 0. The lowest BCUT2D eigenvalue weighted by molar-refractivity contribution is -0.163. The number of carboxylic acid groups (broad SMARTS) is 1. The minimum Gasteiger partial charge on any atom is -0.481 e. The zero-order valence-electron chi connectivity index (χ0n) is 11.1. The largest absolute Gasteiger partial charge is 0.481 e. The Morgan fingerprint density at radius 2 is 2.05 bits per heavy atom. The molecule has 0 amide bonds. The fourth-order valence-corrected chi connectivity index (χ4v) is 2.82. The van der Waals surface area contributed by atoms with Crippen LogP contribution in [0, 0.1) is 17.8 Å². The van der Waals surface area contributed by atoms with Crippen molar-refractivity contribution in [2.45, 2.75) is 6.61 Å². The molecule has 6 nitrogen and oxygen atoms in total. The number of carbonyl (C=O) groups excluding carboxylic acids is 2. The standard InChI is InChI=1S/C15H13NO5/c17-7-10-12-13(14(12)15(19)20)11(18)6-16(10)21-8-9-4-2-1-3-5-9/h1-5,12-14H,6,8H2,(H,19,20). The molecule has 1 aromatic carbocycles. The maximum absolute atomic E-state index is 11.9. The van der Waals surface area contributed by atoms with Crippen LogP contribution in [0.25, 0.3) is 0 Å². The molecule has 1 aliphatic heterocycles. The van der Waals surface area contributed by atoms with E-state index >= 15 is 0 Å². The molecule has 108 valence electrons. The van der Waals surface area contributed by atoms with E-state index in [1.807, 2.05) is 30.3 Å². The van der Waals surface area contributed by atoms with Crippen LogP contribution in [0.3, 0.4) is 0 Å². The molecule has 1 saturated heterocycles. The fraction of sp³-hybridized carbons (Fsp3) is 0.333. The van der Waals surface area contributed by atoms with E-state index in [0.29, 0.717) is 0 Å². The van der Waals surface area contributed by atoms with Gasteiger partial charge in [-0.1, -0.05) is 30.3 Å². The maximum atomic E-state index is 11.9. The van der Waals surface area contributed by atoms with E-state index in [0.717, 1.165) is 5.56 Å². The van der Waals surface area contributed by atoms with Gasteiger partial charge in [-0.3, -0.25) is 14.4 Å². The van der Waals surface area contributed by atoms with Crippen molar-refractivity contribution < 1.29 is 24.3 Å². The lowest BCUT2D eigenvalue weighted by Crippen LogP contribution is -2.36. The maximum Gasteiger partial charge on any atom is 0.307 e. The smallest absolute Gasteiger partial charge is 0.307 e. The molecule has 1 heterocycles. The number of carbonyl (C=O) groups is 2. The Balaban J connectivity index is 1.73. The van der Waals surface area contributed by atoms with Crippen LogP contribution in [0.1, 0.15) is 5.56 Å². The van der Waals surface area contributed by atoms with E-state index in [2.05, 4.69) is 0 Å². The van der Waals surface area contributed by atoms with Gasteiger partial charge in [0, 0.05) is 11.8 Å². The third-order valence-corrected chi connectivity index (χ3v) is 3.90. The summed E-state index contributed by atoms with van der Waals surface area (Å²) in [5, 5.41) is 10.2. The summed E-state index contributed by atoms with van der Waals surface area (Å²) in [6.45, 7) is 0.0940. The average molecular weight is 287 g/mol. The molecule has 1 saturated carbocycles. The first-order chi connectivity index (χ1) is 10.1. The van der Waals surface area contributed by atoms with Gasteiger partial charge in [0.1, 0.15) is 18.2 Å². The van der Waals surface area contributed by atoms with Crippen molar-refractivity contribution in [1.29, 1.82) is 0 Å². The lowest BCUT2D eigenvalue weighted by Gasteiger charge is -2.26. The van der Waals surface area contributed by atoms with E-state index in [4.69, 9.17) is 9.94 Å². The predicted molar refractivity (Wildman–Crippen MR) is 70.3 cm³/mol. The highest BCUT2D eigenvalue weighted by Crippen LogP contribution is 2.54. The first-order valence-corrected chi connectivity index (χ1v) is 6.58. The summed E-state index contributed by atoms with van der Waals surface area (Å²) < 4.78 is 0. The number of piperidine rings is 1. The second kappa shape index (κ2) is 5.16. The van der Waals surface area contributed by atoms with Gasteiger partial charge in [-0.15, -0.1) is 0 Å². The van der Waals surface area contributed by atoms with Gasteiger partial charge in [0.05, 0.1) is 12.5 Å². The number of nitrogens with zero attached hydrogens (tertiary/aromatic N) is 1. The van der Waals surface area contributed by atoms with Crippen LogP contribution < -0.4 is 0 Å². The zero-order chi connectivity index (χ0) is 15.0. The highest BCUT2D eigenvalue weighted by molar-refractivity contribution is 5.96. The van der Waals surface area contributed by atoms with Crippen molar-refractivity contribution in [3.05, 3.63) is 41.6 Å². The van der Waals surface area contributed by atoms with E-state index in [9.17, 15) is 14.4 Å². The Bertz CT molecular complexity index is 631. The second-order valence-corrected chi connectivity index (χ2v) is 5.16. The number of benzene rings is 1. The number of ketones is 1. The van der Waals surface area contributed by atoms with E-state index in [1.54, 1.807) is 5.94 Å². The van der Waals surface area contributed by atoms with Gasteiger partial charge >= 0.3 is 5.97 Å². The van der Waals surface area contributed by atoms with E-state index in [1.165, 1.54) is 5.06 Å². The monoisotopic (exact) mass is 287 g/mol. The van der Waals surface area contributed by atoms with Gasteiger partial charge in [-0.05, 0) is 5.56 Å². The van der Waals surface area contributed by atoms with Crippen molar-refractivity contribution in [3.8, 4) is 0 Å². The summed E-state index contributed by atoms with van der Waals surface area (Å²) >= 11 is 0. The molecule has 3 rings (SSSR count). The Morgan fingerprint density at radius 3 is 2.67 bits per heavy atom. The van der Waals surface area contributed by atoms with Crippen LogP contribution >= 0.6 is 0 Å². The first kappa shape index (κ1) is 13.5. The number of aliphatic carboxylic acids is 1. The molecular formula is C15H13NO5. The lowest BCUT2D eigenvalue weighted by atomic mass is 10.1. The van der Waals surface area contributed by atoms with Gasteiger partial charge in [0.2, 0.25) is 0 Å². The van der Waals surface area contributed by atoms with Crippen LogP contribution in [0.5, 0.6) is 0 Å². The molecular weight excluding hydrogens is 274 g/mol. The predicted octanol–water partition coefficient (Wildman–Crippen LogP) is 0.665. The first-order valence-electron chi connectivity index (χ1n) is 6.58. The topological polar surface area (TPSA) is 83.9 Å². The number of Topliss-reactive ketones (excluding diaryl/α,β-unsaturated/α-hetero) is 1. The SMILES string of the molecule is O=C=C1C2C(C(=O)O)C2C(=O)CN1OCc1ccccc1. The van der Waals surface area contributed by atoms with Crippen LogP contribution in [0.4, 0.5) is 0 Å². The van der Waals surface area contributed by atoms with Crippen LogP contribution in [0.15, 0.2) is 36.0 Å². The van der Waals surface area contributed by atoms with E-state index < -0.39 is 23.7 Å². The summed E-state index contributed by atoms with van der Waals surface area (Å²) in [5.41, 5.74) is 1.02. The summed E-state index contributed by atoms with van der Waals surface area (Å²) in [5.74, 6) is -1.55. The molecule has 0 spiro atoms. The summed E-state index contributed by atoms with van der Waals surface area (Å²) in [6, 6.07) is 9.30. The summed E-state index contributed by atoms with van der Waals surface area (Å²) in [7, 11) is 0. The van der Waals surface area contributed by atoms with Gasteiger partial charge in [0.25, 0.3) is 0 Å². The van der Waals surface area contributed by atoms with Crippen molar-refractivity contribution in [2.24, 2.45) is 17.8 Å². The van der Waals surface area contributed by atoms with Crippen molar-refractivity contribution in [2.75, 3.05) is 6.54 Å². The highest BCUT2D eigenvalue weighted by atomic mass is 16.7. The molecule has 3 atom stereocenters. The van der Waals surface area contributed by atoms with Gasteiger partial charge in [0.15, 0.2) is 5.78 Å². The number of hydroxylamine groups is 2. The quantitative estimate of drug-likeness (QED) is 0.819. The number of hydrogen-bond donors (Lipinski definition) is 1. The Kier molecular flexibility index (Phi) is 3.33. The normalized spacial score (nSPS) is 27.0. The molecule has 1 aliphatic carbocycles. The fourth-order valence-electron chi connectivity index (χ4n) is 2.82. The van der Waals surface area contributed by atoms with Crippen LogP contribution in [-0.4, -0.2) is 34.4 Å². The number of hydrogen-bond acceptors (Lipinski definition) is 5. The molecule has 2 aliphatic rings. The highest BCUT2D eigenvalue weighted by Gasteiger charge is 2.65. The average Bonchev–Trinajstić information content (AvgIpc) is 3.22. The molecule has 0 aromatic heterocycles. The molecule has 3 unspecified atom stereocenters. The number of carboxylic acids is 1. The van der Waals surface area contributed by atoms with Crippen LogP contribution in [-0.2, 0) is 25.8 Å². The molecule has 0 radical (unpaired) electrons.